The summed E-state index contributed by atoms with van der Waals surface area (Å²) >= 11 is 3.25. The summed E-state index contributed by atoms with van der Waals surface area (Å²) in [5, 5.41) is 2.70. The number of benzene rings is 1. The van der Waals surface area contributed by atoms with Gasteiger partial charge in [-0.25, -0.2) is 13.1 Å². The molecule has 1 heterocycles. The fourth-order valence-corrected chi connectivity index (χ4v) is 4.04. The number of likely N-dealkylation sites (tertiary alicyclic amines) is 1. The fraction of sp³-hybridized carbons (Fsp3) is 0.529. The van der Waals surface area contributed by atoms with Crippen LogP contribution < -0.4 is 10.0 Å². The summed E-state index contributed by atoms with van der Waals surface area (Å²) in [7, 11) is -3.62. The van der Waals surface area contributed by atoms with Gasteiger partial charge in [0, 0.05) is 36.1 Å². The molecular weight excluding hydrogens is 422 g/mol. The third-order valence-corrected chi connectivity index (χ3v) is 6.15. The van der Waals surface area contributed by atoms with Crippen molar-refractivity contribution in [1.82, 2.24) is 14.9 Å². The van der Waals surface area contributed by atoms with E-state index < -0.39 is 15.9 Å². The standard InChI is InChI=1S/C17H24BrN3O4S/c1-17(2,3)21-11-12(10-15(21)22)16(23)19-8-9-20-26(24,25)14-6-4-13(18)5-7-14/h4-7,12,20H,8-11H2,1-3H3,(H,19,23). The second kappa shape index (κ2) is 8.06. The third-order valence-electron chi connectivity index (χ3n) is 4.15. The van der Waals surface area contributed by atoms with Gasteiger partial charge in [-0.3, -0.25) is 9.59 Å². The number of nitrogens with one attached hydrogen (secondary N) is 2. The molecule has 9 heteroatoms. The largest absolute Gasteiger partial charge is 0.354 e. The minimum atomic E-state index is -3.62. The Balaban J connectivity index is 1.80. The van der Waals surface area contributed by atoms with Crippen molar-refractivity contribution in [2.24, 2.45) is 5.92 Å². The zero-order valence-electron chi connectivity index (χ0n) is 15.1. The van der Waals surface area contributed by atoms with Gasteiger partial charge in [-0.05, 0) is 45.0 Å². The Labute approximate surface area is 162 Å². The molecule has 2 amide bonds. The number of rotatable bonds is 6. The topological polar surface area (TPSA) is 95.6 Å². The van der Waals surface area contributed by atoms with Gasteiger partial charge in [-0.15, -0.1) is 0 Å². The zero-order valence-corrected chi connectivity index (χ0v) is 17.5. The lowest BCUT2D eigenvalue weighted by Gasteiger charge is -2.31. The maximum atomic E-state index is 12.2. The highest BCUT2D eigenvalue weighted by Crippen LogP contribution is 2.25. The van der Waals surface area contributed by atoms with Crippen molar-refractivity contribution in [3.8, 4) is 0 Å². The van der Waals surface area contributed by atoms with Crippen LogP contribution in [0.25, 0.3) is 0 Å². The van der Waals surface area contributed by atoms with Gasteiger partial charge in [0.05, 0.1) is 10.8 Å². The number of carbonyl (C=O) groups is 2. The summed E-state index contributed by atoms with van der Waals surface area (Å²) in [6.07, 6.45) is 0.188. The number of carbonyl (C=O) groups excluding carboxylic acids is 2. The van der Waals surface area contributed by atoms with E-state index in [-0.39, 0.29) is 41.8 Å². The zero-order chi connectivity index (χ0) is 19.5. The van der Waals surface area contributed by atoms with Crippen LogP contribution in [0, 0.1) is 5.92 Å². The van der Waals surface area contributed by atoms with E-state index in [4.69, 9.17) is 0 Å². The van der Waals surface area contributed by atoms with E-state index in [0.29, 0.717) is 6.54 Å². The van der Waals surface area contributed by atoms with Crippen LogP contribution in [0.3, 0.4) is 0 Å². The molecular formula is C17H24BrN3O4S. The maximum Gasteiger partial charge on any atom is 0.240 e. The Kier molecular flexibility index (Phi) is 6.46. The Morgan fingerprint density at radius 2 is 1.85 bits per heavy atom. The number of hydrogen-bond acceptors (Lipinski definition) is 4. The summed E-state index contributed by atoms with van der Waals surface area (Å²) in [6, 6.07) is 6.29. The molecule has 0 aliphatic carbocycles. The van der Waals surface area contributed by atoms with Crippen LogP contribution in [-0.2, 0) is 19.6 Å². The molecule has 1 atom stereocenters. The molecule has 2 N–H and O–H groups in total. The van der Waals surface area contributed by atoms with E-state index in [2.05, 4.69) is 26.0 Å². The second-order valence-electron chi connectivity index (χ2n) is 7.22. The summed E-state index contributed by atoms with van der Waals surface area (Å²) < 4.78 is 27.5. The van der Waals surface area contributed by atoms with Crippen molar-refractivity contribution in [2.45, 2.75) is 37.6 Å². The van der Waals surface area contributed by atoms with Crippen LogP contribution in [0.1, 0.15) is 27.2 Å². The van der Waals surface area contributed by atoms with Crippen molar-refractivity contribution in [3.05, 3.63) is 28.7 Å². The molecule has 0 radical (unpaired) electrons. The summed E-state index contributed by atoms with van der Waals surface area (Å²) in [6.45, 7) is 6.42. The quantitative estimate of drug-likeness (QED) is 0.648. The molecule has 26 heavy (non-hydrogen) atoms. The Morgan fingerprint density at radius 1 is 1.23 bits per heavy atom. The van der Waals surface area contributed by atoms with E-state index in [9.17, 15) is 18.0 Å². The molecule has 1 aromatic rings. The van der Waals surface area contributed by atoms with E-state index in [0.717, 1.165) is 4.47 Å². The number of nitrogens with zero attached hydrogens (tertiary/aromatic N) is 1. The van der Waals surface area contributed by atoms with E-state index in [1.54, 1.807) is 17.0 Å². The minimum Gasteiger partial charge on any atom is -0.354 e. The van der Waals surface area contributed by atoms with Crippen LogP contribution in [0.4, 0.5) is 0 Å². The lowest BCUT2D eigenvalue weighted by atomic mass is 10.1. The molecule has 7 nitrogen and oxygen atoms in total. The van der Waals surface area contributed by atoms with Crippen LogP contribution >= 0.6 is 15.9 Å². The first-order chi connectivity index (χ1) is 12.0. The van der Waals surface area contributed by atoms with Gasteiger partial charge in [0.1, 0.15) is 0 Å². The van der Waals surface area contributed by atoms with Gasteiger partial charge in [0.15, 0.2) is 0 Å². The minimum absolute atomic E-state index is 0.0337. The van der Waals surface area contributed by atoms with Crippen LogP contribution in [-0.4, -0.2) is 50.3 Å². The van der Waals surface area contributed by atoms with Crippen LogP contribution in [0.2, 0.25) is 0 Å². The molecule has 0 aromatic heterocycles. The lowest BCUT2D eigenvalue weighted by molar-refractivity contribution is -0.132. The monoisotopic (exact) mass is 445 g/mol. The number of sulfonamides is 1. The lowest BCUT2D eigenvalue weighted by Crippen LogP contribution is -2.43. The fourth-order valence-electron chi connectivity index (χ4n) is 2.74. The predicted octanol–water partition coefficient (Wildman–Crippen LogP) is 1.49. The van der Waals surface area contributed by atoms with Gasteiger partial charge in [0.2, 0.25) is 21.8 Å². The normalized spacial score (nSPS) is 18.2. The van der Waals surface area contributed by atoms with Crippen molar-refractivity contribution in [3.63, 3.8) is 0 Å². The summed E-state index contributed by atoms with van der Waals surface area (Å²) in [5.74, 6) is -0.661. The molecule has 1 aromatic carbocycles. The number of amides is 2. The van der Waals surface area contributed by atoms with Gasteiger partial charge >= 0.3 is 0 Å². The molecule has 0 spiro atoms. The molecule has 2 rings (SSSR count). The Bertz CT molecular complexity index is 772. The van der Waals surface area contributed by atoms with E-state index in [1.165, 1.54) is 12.1 Å². The van der Waals surface area contributed by atoms with E-state index in [1.807, 2.05) is 20.8 Å². The molecule has 1 unspecified atom stereocenters. The summed E-state index contributed by atoms with van der Waals surface area (Å²) in [5.41, 5.74) is -0.313. The number of halogens is 1. The maximum absolute atomic E-state index is 12.2. The highest BCUT2D eigenvalue weighted by molar-refractivity contribution is 9.10. The molecule has 1 aliphatic heterocycles. The highest BCUT2D eigenvalue weighted by atomic mass is 79.9. The van der Waals surface area contributed by atoms with Crippen molar-refractivity contribution < 1.29 is 18.0 Å². The molecule has 0 saturated carbocycles. The van der Waals surface area contributed by atoms with Crippen molar-refractivity contribution in [2.75, 3.05) is 19.6 Å². The molecule has 1 saturated heterocycles. The van der Waals surface area contributed by atoms with Gasteiger partial charge in [-0.2, -0.15) is 0 Å². The smallest absolute Gasteiger partial charge is 0.240 e. The van der Waals surface area contributed by atoms with Crippen LogP contribution in [0.5, 0.6) is 0 Å². The molecule has 1 fully saturated rings. The molecule has 144 valence electrons. The average molecular weight is 446 g/mol. The molecule has 0 bridgehead atoms. The highest BCUT2D eigenvalue weighted by Gasteiger charge is 2.39. The van der Waals surface area contributed by atoms with Crippen LogP contribution in [0.15, 0.2) is 33.6 Å². The molecule has 1 aliphatic rings. The third kappa shape index (κ3) is 5.28. The first-order valence-corrected chi connectivity index (χ1v) is 10.6. The van der Waals surface area contributed by atoms with Gasteiger partial charge < -0.3 is 10.2 Å². The second-order valence-corrected chi connectivity index (χ2v) is 9.90. The van der Waals surface area contributed by atoms with E-state index >= 15 is 0 Å². The Morgan fingerprint density at radius 3 is 2.38 bits per heavy atom. The predicted molar refractivity (Wildman–Crippen MR) is 102 cm³/mol. The van der Waals surface area contributed by atoms with Gasteiger partial charge in [0.25, 0.3) is 0 Å². The SMILES string of the molecule is CC(C)(C)N1CC(C(=O)NCCNS(=O)(=O)c2ccc(Br)cc2)CC1=O. The average Bonchev–Trinajstić information content (AvgIpc) is 2.94. The Hall–Kier alpha value is -1.45. The van der Waals surface area contributed by atoms with Crippen molar-refractivity contribution in [1.29, 1.82) is 0 Å². The van der Waals surface area contributed by atoms with Gasteiger partial charge in [-0.1, -0.05) is 15.9 Å². The van der Waals surface area contributed by atoms with Crippen molar-refractivity contribution >= 4 is 37.8 Å². The number of hydrogen-bond donors (Lipinski definition) is 2. The summed E-state index contributed by atoms with van der Waals surface area (Å²) in [4.78, 5) is 26.1. The first kappa shape index (κ1) is 20.9. The first-order valence-electron chi connectivity index (χ1n) is 8.34.